The summed E-state index contributed by atoms with van der Waals surface area (Å²) in [5.41, 5.74) is 6.32. The monoisotopic (exact) mass is 429 g/mol. The van der Waals surface area contributed by atoms with Gasteiger partial charge in [-0.15, -0.1) is 0 Å². The van der Waals surface area contributed by atoms with Crippen molar-refractivity contribution in [1.82, 2.24) is 4.57 Å². The molecule has 1 aliphatic heterocycles. The number of Topliss-reactive ketones (excluding diaryl/α,β-unsaturated/α-hetero) is 1. The first-order valence-corrected chi connectivity index (χ1v) is 10.9. The van der Waals surface area contributed by atoms with Gasteiger partial charge in [0.2, 0.25) is 0 Å². The molecule has 0 saturated carbocycles. The number of carbonyl (C=O) groups is 1. The van der Waals surface area contributed by atoms with E-state index in [2.05, 4.69) is 10.6 Å². The van der Waals surface area contributed by atoms with Gasteiger partial charge in [-0.1, -0.05) is 29.3 Å². The molecule has 4 rings (SSSR count). The Morgan fingerprint density at radius 2 is 1.90 bits per heavy atom. The molecule has 3 nitrogen and oxygen atoms in total. The molecule has 5 heteroatoms. The molecule has 0 bridgehead atoms. The van der Waals surface area contributed by atoms with E-state index in [4.69, 9.17) is 27.9 Å². The number of hydrogen-bond acceptors (Lipinski definition) is 2. The molecule has 0 amide bonds. The van der Waals surface area contributed by atoms with E-state index < -0.39 is 0 Å². The molecule has 0 N–H and O–H groups in total. The number of aryl methyl sites for hydroxylation is 5. The van der Waals surface area contributed by atoms with Crippen molar-refractivity contribution in [3.63, 3.8) is 0 Å². The lowest BCUT2D eigenvalue weighted by Gasteiger charge is -2.18. The number of halogens is 2. The van der Waals surface area contributed by atoms with E-state index in [1.165, 1.54) is 5.56 Å². The lowest BCUT2D eigenvalue weighted by atomic mass is 10.0. The first-order valence-electron chi connectivity index (χ1n) is 10.1. The Morgan fingerprint density at radius 3 is 2.59 bits per heavy atom. The Hall–Kier alpha value is -1.97. The fourth-order valence-corrected chi connectivity index (χ4v) is 4.88. The molecule has 1 aromatic heterocycles. The van der Waals surface area contributed by atoms with Crippen LogP contribution in [0.5, 0.6) is 5.75 Å². The second-order valence-electron chi connectivity index (χ2n) is 7.88. The Morgan fingerprint density at radius 1 is 1.17 bits per heavy atom. The van der Waals surface area contributed by atoms with E-state index >= 15 is 0 Å². The van der Waals surface area contributed by atoms with Crippen LogP contribution in [0.2, 0.25) is 10.0 Å². The fraction of sp³-hybridized carbons (Fsp3) is 0.375. The summed E-state index contributed by atoms with van der Waals surface area (Å²) in [6.45, 7) is 7.09. The standard InChI is InChI=1S/C24H25Cl2NO2/c1-14-12-17(13-15(2)22(14)26)29-11-5-7-18-19-8-9-21(25)20-6-4-10-27(24(19)20)23(18)16(3)28/h8-9,12-13H,4-7,10-11H2,1-3H3. The molecule has 0 fully saturated rings. The first-order chi connectivity index (χ1) is 13.9. The van der Waals surface area contributed by atoms with E-state index in [1.54, 1.807) is 6.92 Å². The summed E-state index contributed by atoms with van der Waals surface area (Å²) < 4.78 is 8.16. The Labute approximate surface area is 181 Å². The Kier molecular flexibility index (Phi) is 5.63. The van der Waals surface area contributed by atoms with Crippen molar-refractivity contribution >= 4 is 39.9 Å². The molecule has 0 aliphatic carbocycles. The molecule has 2 aromatic carbocycles. The van der Waals surface area contributed by atoms with Crippen molar-refractivity contribution < 1.29 is 9.53 Å². The van der Waals surface area contributed by atoms with E-state index in [-0.39, 0.29) is 5.78 Å². The number of ketones is 1. The smallest absolute Gasteiger partial charge is 0.176 e. The van der Waals surface area contributed by atoms with Crippen LogP contribution in [0.4, 0.5) is 0 Å². The minimum atomic E-state index is 0.116. The molecule has 2 heterocycles. The molecule has 29 heavy (non-hydrogen) atoms. The van der Waals surface area contributed by atoms with Crippen LogP contribution in [0.3, 0.4) is 0 Å². The normalized spacial score (nSPS) is 13.1. The second kappa shape index (κ2) is 8.04. The number of aromatic nitrogens is 1. The van der Waals surface area contributed by atoms with Gasteiger partial charge in [-0.3, -0.25) is 4.79 Å². The average Bonchev–Trinajstić information content (AvgIpc) is 3.01. The van der Waals surface area contributed by atoms with Gasteiger partial charge in [0.05, 0.1) is 17.8 Å². The minimum absolute atomic E-state index is 0.116. The van der Waals surface area contributed by atoms with E-state index in [0.717, 1.165) is 81.3 Å². The molecular weight excluding hydrogens is 405 g/mol. The Balaban J connectivity index is 1.58. The largest absolute Gasteiger partial charge is 0.494 e. The highest BCUT2D eigenvalue weighted by atomic mass is 35.5. The molecule has 1 aliphatic rings. The number of carbonyl (C=O) groups excluding carboxylic acids is 1. The van der Waals surface area contributed by atoms with Crippen LogP contribution < -0.4 is 4.74 Å². The number of hydrogen-bond donors (Lipinski definition) is 0. The molecular formula is C24H25Cl2NO2. The van der Waals surface area contributed by atoms with Crippen LogP contribution in [0.25, 0.3) is 10.9 Å². The third kappa shape index (κ3) is 3.67. The van der Waals surface area contributed by atoms with Crippen LogP contribution in [-0.4, -0.2) is 17.0 Å². The molecule has 0 atom stereocenters. The van der Waals surface area contributed by atoms with Crippen LogP contribution in [0, 0.1) is 13.8 Å². The summed E-state index contributed by atoms with van der Waals surface area (Å²) in [5, 5.41) is 2.75. The minimum Gasteiger partial charge on any atom is -0.494 e. The van der Waals surface area contributed by atoms with Gasteiger partial charge in [0.25, 0.3) is 0 Å². The van der Waals surface area contributed by atoms with Crippen molar-refractivity contribution in [2.75, 3.05) is 6.61 Å². The quantitative estimate of drug-likeness (QED) is 0.321. The van der Waals surface area contributed by atoms with Crippen molar-refractivity contribution in [3.8, 4) is 5.75 Å². The summed E-state index contributed by atoms with van der Waals surface area (Å²) >= 11 is 12.7. The maximum absolute atomic E-state index is 12.5. The number of benzene rings is 2. The van der Waals surface area contributed by atoms with Gasteiger partial charge in [-0.25, -0.2) is 0 Å². The number of nitrogens with zero attached hydrogens (tertiary/aromatic N) is 1. The number of ether oxygens (including phenoxy) is 1. The highest BCUT2D eigenvalue weighted by Gasteiger charge is 2.25. The summed E-state index contributed by atoms with van der Waals surface area (Å²) in [5.74, 6) is 0.954. The van der Waals surface area contributed by atoms with Gasteiger partial charge in [0.1, 0.15) is 5.75 Å². The number of rotatable bonds is 6. The van der Waals surface area contributed by atoms with E-state index in [0.29, 0.717) is 6.61 Å². The molecule has 0 unspecified atom stereocenters. The molecule has 152 valence electrons. The zero-order valence-electron chi connectivity index (χ0n) is 17.1. The summed E-state index contributed by atoms with van der Waals surface area (Å²) in [6, 6.07) is 7.98. The van der Waals surface area contributed by atoms with Gasteiger partial charge < -0.3 is 9.30 Å². The summed E-state index contributed by atoms with van der Waals surface area (Å²) in [7, 11) is 0. The third-order valence-corrected chi connectivity index (χ3v) is 6.72. The molecule has 3 aromatic rings. The topological polar surface area (TPSA) is 31.2 Å². The maximum atomic E-state index is 12.5. The lowest BCUT2D eigenvalue weighted by Crippen LogP contribution is -2.13. The Bertz CT molecular complexity index is 1090. The molecule has 0 saturated heterocycles. The predicted molar refractivity (Wildman–Crippen MR) is 120 cm³/mol. The molecule has 0 radical (unpaired) electrons. The van der Waals surface area contributed by atoms with E-state index in [9.17, 15) is 4.79 Å². The second-order valence-corrected chi connectivity index (χ2v) is 8.67. The third-order valence-electron chi connectivity index (χ3n) is 5.77. The van der Waals surface area contributed by atoms with Crippen LogP contribution in [0.15, 0.2) is 24.3 Å². The zero-order valence-corrected chi connectivity index (χ0v) is 18.6. The first kappa shape index (κ1) is 20.3. The van der Waals surface area contributed by atoms with Crippen LogP contribution in [0.1, 0.15) is 52.5 Å². The lowest BCUT2D eigenvalue weighted by molar-refractivity contribution is 0.100. The zero-order chi connectivity index (χ0) is 20.7. The highest BCUT2D eigenvalue weighted by molar-refractivity contribution is 6.32. The summed E-state index contributed by atoms with van der Waals surface area (Å²) in [4.78, 5) is 12.5. The van der Waals surface area contributed by atoms with E-state index in [1.807, 2.05) is 32.0 Å². The highest BCUT2D eigenvalue weighted by Crippen LogP contribution is 2.37. The average molecular weight is 430 g/mol. The van der Waals surface area contributed by atoms with Gasteiger partial charge in [0.15, 0.2) is 5.78 Å². The molecule has 0 spiro atoms. The van der Waals surface area contributed by atoms with Crippen molar-refractivity contribution in [2.45, 2.75) is 53.0 Å². The fourth-order valence-electron chi connectivity index (χ4n) is 4.53. The van der Waals surface area contributed by atoms with Gasteiger partial charge in [-0.2, -0.15) is 0 Å². The van der Waals surface area contributed by atoms with Crippen molar-refractivity contribution in [3.05, 3.63) is 62.3 Å². The van der Waals surface area contributed by atoms with Crippen LogP contribution in [-0.2, 0) is 19.4 Å². The van der Waals surface area contributed by atoms with Crippen LogP contribution >= 0.6 is 23.2 Å². The van der Waals surface area contributed by atoms with Gasteiger partial charge in [0, 0.05) is 28.9 Å². The van der Waals surface area contributed by atoms with Crippen molar-refractivity contribution in [2.24, 2.45) is 0 Å². The SMILES string of the molecule is CC(=O)c1c(CCCOc2cc(C)c(Cl)c(C)c2)c2ccc(Cl)c3c2n1CCC3. The van der Waals surface area contributed by atoms with Crippen molar-refractivity contribution in [1.29, 1.82) is 0 Å². The summed E-state index contributed by atoms with van der Waals surface area (Å²) in [6.07, 6.45) is 3.61. The van der Waals surface area contributed by atoms with Gasteiger partial charge in [-0.05, 0) is 80.0 Å². The predicted octanol–water partition coefficient (Wildman–Crippen LogP) is 6.73. The maximum Gasteiger partial charge on any atom is 0.176 e. The van der Waals surface area contributed by atoms with Gasteiger partial charge >= 0.3 is 0 Å².